The number of Topliss-reactive ketones (excluding diaryl/α,β-unsaturated/α-hetero) is 1. The molecule has 0 saturated heterocycles. The van der Waals surface area contributed by atoms with Crippen LogP contribution in [0.1, 0.15) is 92.9 Å². The quantitative estimate of drug-likeness (QED) is 0.310. The minimum atomic E-state index is -0.549. The second-order valence-electron chi connectivity index (χ2n) is 9.07. The van der Waals surface area contributed by atoms with Gasteiger partial charge >= 0.3 is 4.05 Å². The molecule has 0 aromatic rings. The summed E-state index contributed by atoms with van der Waals surface area (Å²) in [5, 5.41) is 0. The number of nitrogens with two attached hydrogens (primary N) is 1. The Bertz CT molecular complexity index is 493. The van der Waals surface area contributed by atoms with Crippen LogP contribution in [0.2, 0.25) is 0 Å². The van der Waals surface area contributed by atoms with Crippen molar-refractivity contribution in [2.24, 2.45) is 23.0 Å². The summed E-state index contributed by atoms with van der Waals surface area (Å²) >= 11 is 4.25. The standard InChI is InChI=1S/C19H35BINO2S.C2H6/c1-14(8-6-11-17(2,3)25-20(21)24-5)15-10-13-19(22)16(23)9-7-12-18(15,19)4;1-2/h14-15H,6-13,22H2,1-5H3;1-2H3/t14-,15?,18?,19?;/m1./s1. The summed E-state index contributed by atoms with van der Waals surface area (Å²) in [7, 11) is 1.77. The van der Waals surface area contributed by atoms with Gasteiger partial charge in [-0.1, -0.05) is 76.8 Å². The maximum atomic E-state index is 12.5. The van der Waals surface area contributed by atoms with Crippen LogP contribution >= 0.6 is 34.0 Å². The van der Waals surface area contributed by atoms with Crippen LogP contribution in [-0.2, 0) is 9.45 Å². The number of ketones is 1. The lowest BCUT2D eigenvalue weighted by Gasteiger charge is -2.48. The van der Waals surface area contributed by atoms with Crippen molar-refractivity contribution in [3.63, 3.8) is 0 Å². The van der Waals surface area contributed by atoms with Crippen LogP contribution in [0, 0.1) is 17.3 Å². The first kappa shape index (κ1) is 25.8. The van der Waals surface area contributed by atoms with Gasteiger partial charge in [0.05, 0.1) is 5.54 Å². The van der Waals surface area contributed by atoms with Gasteiger partial charge in [-0.15, -0.1) is 0 Å². The highest BCUT2D eigenvalue weighted by Crippen LogP contribution is 2.58. The van der Waals surface area contributed by atoms with Crippen molar-refractivity contribution in [3.8, 4) is 0 Å². The van der Waals surface area contributed by atoms with E-state index in [2.05, 4.69) is 50.1 Å². The molecule has 158 valence electrons. The highest BCUT2D eigenvalue weighted by Gasteiger charge is 2.60. The number of hydrogen-bond donors (Lipinski definition) is 1. The lowest BCUT2D eigenvalue weighted by atomic mass is 9.58. The highest BCUT2D eigenvalue weighted by molar-refractivity contribution is 14.1. The number of rotatable bonds is 8. The van der Waals surface area contributed by atoms with Crippen molar-refractivity contribution in [2.45, 2.75) is 103 Å². The molecule has 0 amide bonds. The molecular weight excluding hydrogens is 468 g/mol. The number of hydrogen-bond acceptors (Lipinski definition) is 4. The molecule has 2 aliphatic rings. The lowest BCUT2D eigenvalue weighted by Crippen LogP contribution is -2.60. The van der Waals surface area contributed by atoms with Gasteiger partial charge in [0.2, 0.25) is 0 Å². The van der Waals surface area contributed by atoms with Crippen molar-refractivity contribution in [1.29, 1.82) is 0 Å². The molecule has 4 atom stereocenters. The van der Waals surface area contributed by atoms with E-state index in [1.165, 1.54) is 19.3 Å². The molecule has 0 heterocycles. The van der Waals surface area contributed by atoms with Gasteiger partial charge in [0, 0.05) is 18.3 Å². The van der Waals surface area contributed by atoms with Crippen LogP contribution in [0.5, 0.6) is 0 Å². The van der Waals surface area contributed by atoms with Gasteiger partial charge < -0.3 is 10.4 Å². The molecule has 2 rings (SSSR count). The van der Waals surface area contributed by atoms with E-state index >= 15 is 0 Å². The molecule has 27 heavy (non-hydrogen) atoms. The minimum absolute atomic E-state index is 0.00930. The summed E-state index contributed by atoms with van der Waals surface area (Å²) in [6.07, 6.45) is 8.50. The van der Waals surface area contributed by atoms with Gasteiger partial charge in [0.15, 0.2) is 5.78 Å². The van der Waals surface area contributed by atoms with E-state index in [0.29, 0.717) is 24.0 Å². The fourth-order valence-corrected chi connectivity index (χ4v) is 8.27. The van der Waals surface area contributed by atoms with Crippen molar-refractivity contribution in [3.05, 3.63) is 0 Å². The van der Waals surface area contributed by atoms with Crippen LogP contribution in [0.25, 0.3) is 0 Å². The van der Waals surface area contributed by atoms with E-state index in [9.17, 15) is 4.79 Å². The lowest BCUT2D eigenvalue weighted by molar-refractivity contribution is -0.132. The predicted octanol–water partition coefficient (Wildman–Crippen LogP) is 6.26. The van der Waals surface area contributed by atoms with Crippen LogP contribution in [0.15, 0.2) is 0 Å². The first-order valence-electron chi connectivity index (χ1n) is 10.7. The molecule has 0 bridgehead atoms. The van der Waals surface area contributed by atoms with Gasteiger partial charge in [-0.3, -0.25) is 4.79 Å². The number of carbonyl (C=O) groups is 1. The molecule has 6 heteroatoms. The number of halogens is 1. The van der Waals surface area contributed by atoms with Crippen LogP contribution in [0.4, 0.5) is 0 Å². The van der Waals surface area contributed by atoms with Crippen LogP contribution < -0.4 is 5.73 Å². The maximum Gasteiger partial charge on any atom is 0.435 e. The molecule has 3 unspecified atom stereocenters. The molecule has 2 aliphatic carbocycles. The fourth-order valence-electron chi connectivity index (χ4n) is 5.35. The topological polar surface area (TPSA) is 52.3 Å². The van der Waals surface area contributed by atoms with E-state index in [1.54, 1.807) is 7.11 Å². The Labute approximate surface area is 186 Å². The number of carbonyl (C=O) groups excluding carboxylic acids is 1. The maximum absolute atomic E-state index is 12.5. The summed E-state index contributed by atoms with van der Waals surface area (Å²) in [5.41, 5.74) is 6.13. The predicted molar refractivity (Wildman–Crippen MR) is 129 cm³/mol. The normalized spacial score (nSPS) is 31.7. The molecule has 0 spiro atoms. The third-order valence-corrected chi connectivity index (χ3v) is 9.50. The van der Waals surface area contributed by atoms with Crippen LogP contribution in [0.3, 0.4) is 0 Å². The summed E-state index contributed by atoms with van der Waals surface area (Å²) < 4.78 is 5.84. The third kappa shape index (κ3) is 5.88. The third-order valence-electron chi connectivity index (χ3n) is 7.01. The SMILES string of the molecule is CC.COB(I)SC(C)(C)CCC[C@@H](C)C1CCC2(N)C(=O)CCCC12C. The first-order valence-corrected chi connectivity index (χ1v) is 12.9. The Balaban J connectivity index is 0.00000176. The molecule has 2 saturated carbocycles. The molecule has 0 radical (unpaired) electrons. The van der Waals surface area contributed by atoms with E-state index in [0.717, 1.165) is 25.7 Å². The van der Waals surface area contributed by atoms with E-state index < -0.39 is 5.54 Å². The molecule has 3 nitrogen and oxygen atoms in total. The van der Waals surface area contributed by atoms with E-state index in [-0.39, 0.29) is 14.2 Å². The molecule has 0 aromatic heterocycles. The van der Waals surface area contributed by atoms with Gasteiger partial charge in [-0.05, 0) is 49.4 Å². The largest absolute Gasteiger partial charge is 0.435 e. The smallest absolute Gasteiger partial charge is 0.420 e. The zero-order chi connectivity index (χ0) is 20.9. The zero-order valence-electron chi connectivity index (χ0n) is 18.6. The zero-order valence-corrected chi connectivity index (χ0v) is 21.5. The average molecular weight is 509 g/mol. The average Bonchev–Trinajstić information content (AvgIpc) is 2.89. The Morgan fingerprint density at radius 3 is 2.63 bits per heavy atom. The first-order chi connectivity index (χ1) is 12.6. The van der Waals surface area contributed by atoms with Crippen molar-refractivity contribution in [1.82, 2.24) is 0 Å². The molecule has 2 fully saturated rings. The Morgan fingerprint density at radius 1 is 1.41 bits per heavy atom. The monoisotopic (exact) mass is 509 g/mol. The van der Waals surface area contributed by atoms with Crippen molar-refractivity contribution < 1.29 is 9.45 Å². The summed E-state index contributed by atoms with van der Waals surface area (Å²) in [6.45, 7) is 13.3. The van der Waals surface area contributed by atoms with E-state index in [1.807, 2.05) is 25.5 Å². The Hall–Kier alpha value is 0.735. The van der Waals surface area contributed by atoms with Gasteiger partial charge in [0.1, 0.15) is 0 Å². The summed E-state index contributed by atoms with van der Waals surface area (Å²) in [4.78, 5) is 12.5. The van der Waals surface area contributed by atoms with Crippen LogP contribution in [-0.4, -0.2) is 27.2 Å². The Kier molecular flexibility index (Phi) is 10.2. The summed E-state index contributed by atoms with van der Waals surface area (Å²) in [6, 6.07) is 0. The molecular formula is C21H41BINO2S. The fraction of sp³-hybridized carbons (Fsp3) is 0.952. The van der Waals surface area contributed by atoms with Gasteiger partial charge in [-0.2, -0.15) is 11.6 Å². The second kappa shape index (κ2) is 10.7. The van der Waals surface area contributed by atoms with Crippen molar-refractivity contribution in [2.75, 3.05) is 7.11 Å². The van der Waals surface area contributed by atoms with Gasteiger partial charge in [0.25, 0.3) is 0 Å². The Morgan fingerprint density at radius 2 is 2.04 bits per heavy atom. The summed E-state index contributed by atoms with van der Waals surface area (Å²) in [5.74, 6) is 1.55. The highest BCUT2D eigenvalue weighted by atomic mass is 127. The molecule has 0 aromatic carbocycles. The van der Waals surface area contributed by atoms with Gasteiger partial charge in [-0.25, -0.2) is 0 Å². The second-order valence-corrected chi connectivity index (χ2v) is 12.8. The molecule has 0 aliphatic heterocycles. The van der Waals surface area contributed by atoms with Crippen molar-refractivity contribution >= 4 is 43.8 Å². The number of fused-ring (bicyclic) bond motifs is 1. The minimum Gasteiger partial charge on any atom is -0.420 e. The van der Waals surface area contributed by atoms with E-state index in [4.69, 9.17) is 10.4 Å². The molecule has 2 N–H and O–H groups in total.